The van der Waals surface area contributed by atoms with E-state index < -0.39 is 0 Å². The average Bonchev–Trinajstić information content (AvgIpc) is 3.39. The van der Waals surface area contributed by atoms with Gasteiger partial charge in [-0.3, -0.25) is 14.8 Å². The zero-order valence-corrected chi connectivity index (χ0v) is 15.3. The predicted molar refractivity (Wildman–Crippen MR) is 104 cm³/mol. The maximum Gasteiger partial charge on any atom is 0.247 e. The Morgan fingerprint density at radius 3 is 2.96 bits per heavy atom. The first-order chi connectivity index (χ1) is 13.3. The van der Waals surface area contributed by atoms with Gasteiger partial charge in [-0.05, 0) is 30.5 Å². The van der Waals surface area contributed by atoms with Crippen molar-refractivity contribution in [3.63, 3.8) is 0 Å². The van der Waals surface area contributed by atoms with Gasteiger partial charge in [0.2, 0.25) is 5.91 Å². The van der Waals surface area contributed by atoms with Gasteiger partial charge in [-0.25, -0.2) is 9.97 Å². The van der Waals surface area contributed by atoms with Crippen molar-refractivity contribution in [2.45, 2.75) is 18.9 Å². The molecule has 8 heteroatoms. The third-order valence-corrected chi connectivity index (χ3v) is 5.03. The van der Waals surface area contributed by atoms with Crippen molar-refractivity contribution < 1.29 is 4.79 Å². The number of thiazole rings is 1. The molecule has 27 heavy (non-hydrogen) atoms. The molecule has 0 aliphatic carbocycles. The van der Waals surface area contributed by atoms with Crippen molar-refractivity contribution >= 4 is 34.3 Å². The Bertz CT molecular complexity index is 928. The third kappa shape index (κ3) is 4.01. The lowest BCUT2D eigenvalue weighted by Gasteiger charge is -2.24. The maximum absolute atomic E-state index is 12.8. The largest absolute Gasteiger partial charge is 0.330 e. The lowest BCUT2D eigenvalue weighted by molar-refractivity contribution is -0.126. The number of likely N-dealkylation sites (tertiary alicyclic amines) is 1. The number of rotatable bonds is 5. The second-order valence-corrected chi connectivity index (χ2v) is 6.96. The van der Waals surface area contributed by atoms with Crippen LogP contribution < -0.4 is 5.32 Å². The minimum Gasteiger partial charge on any atom is -0.330 e. The summed E-state index contributed by atoms with van der Waals surface area (Å²) < 4.78 is 0. The Morgan fingerprint density at radius 2 is 2.15 bits per heavy atom. The third-order valence-electron chi connectivity index (χ3n) is 4.34. The maximum atomic E-state index is 12.8. The molecule has 3 aromatic rings. The predicted octanol–water partition coefficient (Wildman–Crippen LogP) is 3.45. The Hall–Kier alpha value is -3.13. The number of anilines is 2. The SMILES string of the molecule is O=C(/C=C/c1cccnc1)N1CCCC1c1nccnc1Nc1nccs1. The molecule has 3 aromatic heterocycles. The fraction of sp³-hybridized carbons (Fsp3) is 0.211. The second kappa shape index (κ2) is 8.05. The molecule has 0 bridgehead atoms. The molecule has 1 N–H and O–H groups in total. The standard InChI is InChI=1S/C19H18N6OS/c26-16(6-5-14-3-1-7-20-13-14)25-11-2-4-15(25)17-18(22-9-8-21-17)24-19-23-10-12-27-19/h1,3,5-10,12-13,15H,2,4,11H2,(H,22,23,24)/b6-5+. The molecule has 1 atom stereocenters. The summed E-state index contributed by atoms with van der Waals surface area (Å²) in [6, 6.07) is 3.66. The van der Waals surface area contributed by atoms with Gasteiger partial charge in [0.15, 0.2) is 10.9 Å². The van der Waals surface area contributed by atoms with Crippen molar-refractivity contribution in [2.75, 3.05) is 11.9 Å². The molecule has 0 aromatic carbocycles. The first-order valence-corrected chi connectivity index (χ1v) is 9.55. The molecule has 4 rings (SSSR count). The molecule has 0 radical (unpaired) electrons. The summed E-state index contributed by atoms with van der Waals surface area (Å²) in [6.07, 6.45) is 13.7. The molecule has 1 saturated heterocycles. The highest BCUT2D eigenvalue weighted by Gasteiger charge is 2.32. The number of pyridine rings is 1. The molecular formula is C19H18N6OS. The van der Waals surface area contributed by atoms with E-state index in [0.29, 0.717) is 12.4 Å². The van der Waals surface area contributed by atoms with Gasteiger partial charge < -0.3 is 10.2 Å². The van der Waals surface area contributed by atoms with Crippen molar-refractivity contribution in [1.29, 1.82) is 0 Å². The quantitative estimate of drug-likeness (QED) is 0.685. The Balaban J connectivity index is 1.55. The molecule has 1 aliphatic heterocycles. The van der Waals surface area contributed by atoms with Crippen LogP contribution in [0.15, 0.2) is 54.6 Å². The summed E-state index contributed by atoms with van der Waals surface area (Å²) in [4.78, 5) is 31.9. The lowest BCUT2D eigenvalue weighted by Crippen LogP contribution is -2.30. The molecule has 0 spiro atoms. The molecule has 1 unspecified atom stereocenters. The van der Waals surface area contributed by atoms with E-state index in [1.165, 1.54) is 11.3 Å². The van der Waals surface area contributed by atoms with Crippen LogP contribution in [0.2, 0.25) is 0 Å². The second-order valence-electron chi connectivity index (χ2n) is 6.06. The van der Waals surface area contributed by atoms with Crippen LogP contribution in [-0.2, 0) is 4.79 Å². The smallest absolute Gasteiger partial charge is 0.247 e. The average molecular weight is 378 g/mol. The van der Waals surface area contributed by atoms with Crippen LogP contribution in [0.25, 0.3) is 6.08 Å². The van der Waals surface area contributed by atoms with Gasteiger partial charge in [-0.1, -0.05) is 6.07 Å². The van der Waals surface area contributed by atoms with Gasteiger partial charge in [0.25, 0.3) is 0 Å². The van der Waals surface area contributed by atoms with Crippen molar-refractivity contribution in [3.8, 4) is 0 Å². The highest BCUT2D eigenvalue weighted by molar-refractivity contribution is 7.13. The monoisotopic (exact) mass is 378 g/mol. The Labute approximate surface area is 160 Å². The van der Waals surface area contributed by atoms with Gasteiger partial charge in [0.05, 0.1) is 6.04 Å². The summed E-state index contributed by atoms with van der Waals surface area (Å²) in [5.74, 6) is 0.612. The number of carbonyl (C=O) groups excluding carboxylic acids is 1. The van der Waals surface area contributed by atoms with Gasteiger partial charge in [0, 0.05) is 49.0 Å². The summed E-state index contributed by atoms with van der Waals surface area (Å²) in [5, 5.41) is 5.87. The van der Waals surface area contributed by atoms with Crippen LogP contribution in [0.3, 0.4) is 0 Å². The number of hydrogen-bond acceptors (Lipinski definition) is 7. The van der Waals surface area contributed by atoms with Gasteiger partial charge in [-0.15, -0.1) is 11.3 Å². The molecule has 1 aliphatic rings. The molecule has 1 amide bonds. The first kappa shape index (κ1) is 17.3. The van der Waals surface area contributed by atoms with Crippen LogP contribution in [0.4, 0.5) is 10.9 Å². The van der Waals surface area contributed by atoms with E-state index in [9.17, 15) is 4.79 Å². The highest BCUT2D eigenvalue weighted by atomic mass is 32.1. The van der Waals surface area contributed by atoms with E-state index >= 15 is 0 Å². The minimum absolute atomic E-state index is 0.0350. The number of aromatic nitrogens is 4. The van der Waals surface area contributed by atoms with Crippen molar-refractivity contribution in [2.24, 2.45) is 0 Å². The molecule has 4 heterocycles. The highest BCUT2D eigenvalue weighted by Crippen LogP contribution is 2.35. The van der Waals surface area contributed by atoms with Crippen LogP contribution >= 0.6 is 11.3 Å². The topological polar surface area (TPSA) is 83.9 Å². The van der Waals surface area contributed by atoms with E-state index in [0.717, 1.165) is 29.2 Å². The van der Waals surface area contributed by atoms with E-state index in [1.54, 1.807) is 43.1 Å². The first-order valence-electron chi connectivity index (χ1n) is 8.67. The van der Waals surface area contributed by atoms with Gasteiger partial charge >= 0.3 is 0 Å². The van der Waals surface area contributed by atoms with Gasteiger partial charge in [-0.2, -0.15) is 0 Å². The van der Waals surface area contributed by atoms with E-state index in [1.807, 2.05) is 22.4 Å². The van der Waals surface area contributed by atoms with Crippen LogP contribution in [-0.4, -0.2) is 37.3 Å². The number of carbonyl (C=O) groups is 1. The number of nitrogens with zero attached hydrogens (tertiary/aromatic N) is 5. The van der Waals surface area contributed by atoms with E-state index in [4.69, 9.17) is 0 Å². The lowest BCUT2D eigenvalue weighted by atomic mass is 10.1. The summed E-state index contributed by atoms with van der Waals surface area (Å²) >= 11 is 1.49. The normalized spacial score (nSPS) is 16.7. The zero-order valence-electron chi connectivity index (χ0n) is 14.5. The molecule has 1 fully saturated rings. The van der Waals surface area contributed by atoms with Crippen molar-refractivity contribution in [1.82, 2.24) is 24.8 Å². The van der Waals surface area contributed by atoms with Crippen LogP contribution in [0, 0.1) is 0 Å². The van der Waals surface area contributed by atoms with E-state index in [-0.39, 0.29) is 11.9 Å². The minimum atomic E-state index is -0.104. The Kier molecular flexibility index (Phi) is 5.15. The summed E-state index contributed by atoms with van der Waals surface area (Å²) in [5.41, 5.74) is 1.67. The number of hydrogen-bond donors (Lipinski definition) is 1. The van der Waals surface area contributed by atoms with Crippen LogP contribution in [0.1, 0.15) is 30.1 Å². The fourth-order valence-corrected chi connectivity index (χ4v) is 3.66. The van der Waals surface area contributed by atoms with Crippen molar-refractivity contribution in [3.05, 3.63) is 65.8 Å². The molecule has 136 valence electrons. The molecular weight excluding hydrogens is 360 g/mol. The van der Waals surface area contributed by atoms with E-state index in [2.05, 4.69) is 25.3 Å². The summed E-state index contributed by atoms with van der Waals surface area (Å²) in [7, 11) is 0. The number of amides is 1. The van der Waals surface area contributed by atoms with Crippen LogP contribution in [0.5, 0.6) is 0 Å². The zero-order chi connectivity index (χ0) is 18.5. The number of nitrogens with one attached hydrogen (secondary N) is 1. The Morgan fingerprint density at radius 1 is 1.22 bits per heavy atom. The molecule has 0 saturated carbocycles. The van der Waals surface area contributed by atoms with Gasteiger partial charge in [0.1, 0.15) is 5.69 Å². The molecule has 7 nitrogen and oxygen atoms in total. The fourth-order valence-electron chi connectivity index (χ4n) is 3.13. The summed E-state index contributed by atoms with van der Waals surface area (Å²) in [6.45, 7) is 0.703.